The van der Waals surface area contributed by atoms with E-state index < -0.39 is 0 Å². The third-order valence-electron chi connectivity index (χ3n) is 12.2. The summed E-state index contributed by atoms with van der Waals surface area (Å²) in [6.07, 6.45) is 6.88. The number of fused-ring (bicyclic) bond motifs is 2. The smallest absolute Gasteiger partial charge is 0.317 e. The van der Waals surface area contributed by atoms with Gasteiger partial charge in [0.25, 0.3) is 0 Å². The number of piperidine rings is 2. The van der Waals surface area contributed by atoms with E-state index in [-0.39, 0.29) is 58.3 Å². The lowest BCUT2D eigenvalue weighted by Crippen LogP contribution is -2.49. The number of aryl methyl sites for hydroxylation is 1. The number of aliphatic hydroxyl groups excluding tert-OH is 1. The van der Waals surface area contributed by atoms with Crippen LogP contribution in [0.25, 0.3) is 0 Å². The van der Waals surface area contributed by atoms with Crippen LogP contribution in [0, 0.1) is 34.1 Å². The fourth-order valence-electron chi connectivity index (χ4n) is 8.75. The fraction of sp³-hybridized carbons (Fsp3) is 0.413. The van der Waals surface area contributed by atoms with Crippen molar-refractivity contribution in [3.8, 4) is 0 Å². The number of hydrogen-bond acceptors (Lipinski definition) is 6. The average Bonchev–Trinajstić information content (AvgIpc) is 3.22. The van der Waals surface area contributed by atoms with Crippen LogP contribution in [0.15, 0.2) is 72.8 Å². The molecule has 2 fully saturated rings. The molecule has 58 heavy (non-hydrogen) atoms. The number of nitrogens with one attached hydrogen (secondary N) is 2. The van der Waals surface area contributed by atoms with Gasteiger partial charge in [0.15, 0.2) is 11.6 Å². The van der Waals surface area contributed by atoms with E-state index in [0.29, 0.717) is 67.7 Å². The maximum absolute atomic E-state index is 13.6. The Morgan fingerprint density at radius 2 is 1.24 bits per heavy atom. The third-order valence-corrected chi connectivity index (χ3v) is 12.2. The molecule has 2 aliphatic heterocycles. The SMILES string of the molecule is CCc1cc(CNC(=O)N2CCC3(CC2)CC(=O)c2cc(F)ccc2C3)ccc1F.NCc1ccc(F)c(CO)c1.O=C1CC2(CCNCC2)Cc2ccc(F)cc21. The molecule has 2 amide bonds. The van der Waals surface area contributed by atoms with Crippen LogP contribution in [-0.2, 0) is 39.0 Å². The Morgan fingerprint density at radius 3 is 1.78 bits per heavy atom. The Hall–Kier alpha value is -4.91. The van der Waals surface area contributed by atoms with Crippen LogP contribution in [0.1, 0.15) is 99.5 Å². The summed E-state index contributed by atoms with van der Waals surface area (Å²) < 4.78 is 53.0. The van der Waals surface area contributed by atoms with Gasteiger partial charge in [-0.1, -0.05) is 37.3 Å². The van der Waals surface area contributed by atoms with Crippen molar-refractivity contribution in [1.29, 1.82) is 0 Å². The maximum Gasteiger partial charge on any atom is 0.317 e. The number of rotatable bonds is 5. The zero-order valence-electron chi connectivity index (χ0n) is 33.0. The largest absolute Gasteiger partial charge is 0.392 e. The van der Waals surface area contributed by atoms with Crippen molar-refractivity contribution < 1.29 is 37.1 Å². The summed E-state index contributed by atoms with van der Waals surface area (Å²) in [5.41, 5.74) is 11.0. The molecule has 0 saturated carbocycles. The minimum Gasteiger partial charge on any atom is -0.392 e. The Morgan fingerprint density at radius 1 is 0.724 bits per heavy atom. The molecule has 8 nitrogen and oxygen atoms in total. The lowest BCUT2D eigenvalue weighted by atomic mass is 9.66. The van der Waals surface area contributed by atoms with Crippen LogP contribution in [0.5, 0.6) is 0 Å². The predicted molar refractivity (Wildman–Crippen MR) is 214 cm³/mol. The van der Waals surface area contributed by atoms with E-state index in [9.17, 15) is 31.9 Å². The predicted octanol–water partition coefficient (Wildman–Crippen LogP) is 7.75. The van der Waals surface area contributed by atoms with Crippen molar-refractivity contribution in [1.82, 2.24) is 15.5 Å². The number of ketones is 2. The molecular weight excluding hydrogens is 749 g/mol. The number of urea groups is 1. The van der Waals surface area contributed by atoms with Crippen molar-refractivity contribution in [2.45, 2.75) is 84.4 Å². The number of halogens is 4. The minimum atomic E-state index is -0.385. The molecular formula is C46H52F4N4O4. The zero-order valence-corrected chi connectivity index (χ0v) is 33.0. The quantitative estimate of drug-likeness (QED) is 0.153. The lowest BCUT2D eigenvalue weighted by Gasteiger charge is -2.44. The second-order valence-corrected chi connectivity index (χ2v) is 16.1. The number of nitrogens with zero attached hydrogens (tertiary/aromatic N) is 1. The van der Waals surface area contributed by atoms with E-state index in [4.69, 9.17) is 10.8 Å². The summed E-state index contributed by atoms with van der Waals surface area (Å²) in [5, 5.41) is 14.9. The fourth-order valence-corrected chi connectivity index (χ4v) is 8.75. The lowest BCUT2D eigenvalue weighted by molar-refractivity contribution is 0.0734. The van der Waals surface area contributed by atoms with Crippen molar-refractivity contribution in [2.75, 3.05) is 26.2 Å². The molecule has 12 heteroatoms. The van der Waals surface area contributed by atoms with E-state index in [1.807, 2.05) is 6.92 Å². The van der Waals surface area contributed by atoms with Crippen LogP contribution >= 0.6 is 0 Å². The number of Topliss-reactive ketones (excluding diaryl/α,β-unsaturated/α-hetero) is 2. The number of carbonyl (C=O) groups is 3. The van der Waals surface area contributed by atoms with E-state index in [1.54, 1.807) is 41.3 Å². The van der Waals surface area contributed by atoms with Crippen LogP contribution in [0.2, 0.25) is 0 Å². The molecule has 2 aliphatic carbocycles. The number of likely N-dealkylation sites (tertiary alicyclic amines) is 1. The first kappa shape index (κ1) is 42.7. The van der Waals surface area contributed by atoms with Crippen molar-refractivity contribution in [3.63, 3.8) is 0 Å². The molecule has 308 valence electrons. The number of hydrogen-bond donors (Lipinski definition) is 4. The van der Waals surface area contributed by atoms with Gasteiger partial charge < -0.3 is 26.4 Å². The van der Waals surface area contributed by atoms with E-state index in [1.165, 1.54) is 36.4 Å². The van der Waals surface area contributed by atoms with Gasteiger partial charge in [-0.05, 0) is 139 Å². The highest BCUT2D eigenvalue weighted by molar-refractivity contribution is 5.99. The summed E-state index contributed by atoms with van der Waals surface area (Å²) in [7, 11) is 0. The molecule has 4 aromatic rings. The van der Waals surface area contributed by atoms with Gasteiger partial charge in [-0.3, -0.25) is 9.59 Å². The maximum atomic E-state index is 13.6. The Bertz CT molecular complexity index is 2130. The van der Waals surface area contributed by atoms with Crippen molar-refractivity contribution >= 4 is 17.6 Å². The molecule has 0 bridgehead atoms. The third kappa shape index (κ3) is 10.2. The Labute approximate surface area is 337 Å². The minimum absolute atomic E-state index is 0.00307. The van der Waals surface area contributed by atoms with Crippen LogP contribution in [-0.4, -0.2) is 53.8 Å². The first-order valence-electron chi connectivity index (χ1n) is 20.1. The second-order valence-electron chi connectivity index (χ2n) is 16.1. The summed E-state index contributed by atoms with van der Waals surface area (Å²) in [6.45, 7) is 5.49. The summed E-state index contributed by atoms with van der Waals surface area (Å²) in [4.78, 5) is 39.1. The van der Waals surface area contributed by atoms with Gasteiger partial charge in [0, 0.05) is 55.7 Å². The first-order chi connectivity index (χ1) is 27.8. The topological polar surface area (TPSA) is 125 Å². The van der Waals surface area contributed by atoms with Crippen LogP contribution in [0.3, 0.4) is 0 Å². The van der Waals surface area contributed by atoms with E-state index in [0.717, 1.165) is 73.9 Å². The number of aliphatic hydroxyl groups is 1. The summed E-state index contributed by atoms with van der Waals surface area (Å²) >= 11 is 0. The number of nitrogens with two attached hydrogens (primary N) is 1. The van der Waals surface area contributed by atoms with E-state index >= 15 is 0 Å². The molecule has 4 aliphatic rings. The highest BCUT2D eigenvalue weighted by Crippen LogP contribution is 2.44. The van der Waals surface area contributed by atoms with Crippen LogP contribution in [0.4, 0.5) is 22.4 Å². The summed E-state index contributed by atoms with van der Waals surface area (Å²) in [5.74, 6) is -1.18. The number of benzene rings is 4. The monoisotopic (exact) mass is 800 g/mol. The van der Waals surface area contributed by atoms with Gasteiger partial charge in [0.2, 0.25) is 0 Å². The molecule has 2 spiro atoms. The normalized spacial score (nSPS) is 17.7. The standard InChI is InChI=1S/C24H26F2N2O2.C14H16FNO.C8H10FNO/c1-2-17-11-16(3-6-21(17)26)15-27-23(30)28-9-7-24(8-10-28)13-18-4-5-19(25)12-20(18)22(29)14-24;15-11-2-1-10-8-14(3-5-16-6-4-14)9-13(17)12(10)7-11;9-8-2-1-6(4-10)3-7(8)5-11/h3-6,11-12H,2,7-10,13-15H2,1H3,(H,27,30);1-2,7,16H,3-6,8-9H2;1-3,11H,4-5,10H2. The van der Waals surface area contributed by atoms with Gasteiger partial charge in [0.05, 0.1) is 6.61 Å². The first-order valence-corrected chi connectivity index (χ1v) is 20.1. The van der Waals surface area contributed by atoms with Gasteiger partial charge in [-0.2, -0.15) is 0 Å². The second kappa shape index (κ2) is 18.8. The summed E-state index contributed by atoms with van der Waals surface area (Å²) in [6, 6.07) is 18.4. The van der Waals surface area contributed by atoms with Gasteiger partial charge in [-0.15, -0.1) is 0 Å². The average molecular weight is 801 g/mol. The Kier molecular flexibility index (Phi) is 13.8. The molecule has 2 heterocycles. The molecule has 0 unspecified atom stereocenters. The molecule has 5 N–H and O–H groups in total. The molecule has 2 saturated heterocycles. The van der Waals surface area contributed by atoms with Crippen molar-refractivity contribution in [2.24, 2.45) is 16.6 Å². The Balaban J connectivity index is 0.000000169. The van der Waals surface area contributed by atoms with Gasteiger partial charge >= 0.3 is 6.03 Å². The molecule has 4 aromatic carbocycles. The number of carbonyl (C=O) groups excluding carboxylic acids is 3. The van der Waals surface area contributed by atoms with Gasteiger partial charge in [0.1, 0.15) is 23.3 Å². The van der Waals surface area contributed by atoms with Gasteiger partial charge in [-0.25, -0.2) is 22.4 Å². The highest BCUT2D eigenvalue weighted by Gasteiger charge is 2.42. The molecule has 8 rings (SSSR count). The van der Waals surface area contributed by atoms with Crippen molar-refractivity contribution in [3.05, 3.63) is 141 Å². The number of amides is 2. The van der Waals surface area contributed by atoms with Crippen LogP contribution < -0.4 is 16.4 Å². The van der Waals surface area contributed by atoms with E-state index in [2.05, 4.69) is 10.6 Å². The molecule has 0 aromatic heterocycles. The molecule has 0 radical (unpaired) electrons. The zero-order chi connectivity index (χ0) is 41.5. The highest BCUT2D eigenvalue weighted by atomic mass is 19.1. The molecule has 0 atom stereocenters.